The maximum atomic E-state index is 4.18. The second-order valence-corrected chi connectivity index (χ2v) is 3.66. The van der Waals surface area contributed by atoms with Gasteiger partial charge in [-0.05, 0) is 19.2 Å². The molecule has 2 aromatic heterocycles. The highest BCUT2D eigenvalue weighted by molar-refractivity contribution is 5.55. The van der Waals surface area contributed by atoms with Crippen LogP contribution in [0.5, 0.6) is 0 Å². The molecule has 0 spiro atoms. The molecule has 0 atom stereocenters. The van der Waals surface area contributed by atoms with E-state index >= 15 is 0 Å². The Morgan fingerprint density at radius 2 is 1.89 bits per heavy atom. The van der Waals surface area contributed by atoms with Crippen LogP contribution in [0.1, 0.15) is 0 Å². The van der Waals surface area contributed by atoms with Crippen molar-refractivity contribution in [3.63, 3.8) is 0 Å². The van der Waals surface area contributed by atoms with Crippen LogP contribution in [0.3, 0.4) is 0 Å². The van der Waals surface area contributed by atoms with Gasteiger partial charge in [-0.15, -0.1) is 0 Å². The molecule has 6 nitrogen and oxygen atoms in total. The molecule has 0 radical (unpaired) electrons. The summed E-state index contributed by atoms with van der Waals surface area (Å²) in [5, 5.41) is 9.38. The molecule has 0 aliphatic heterocycles. The molecule has 6 heteroatoms. The van der Waals surface area contributed by atoms with Gasteiger partial charge in [-0.3, -0.25) is 0 Å². The number of nitrogens with one attached hydrogen (secondary N) is 3. The van der Waals surface area contributed by atoms with E-state index in [1.165, 1.54) is 6.33 Å². The highest BCUT2D eigenvalue weighted by Gasteiger charge is 1.99. The monoisotopic (exact) mass is 244 g/mol. The van der Waals surface area contributed by atoms with Crippen LogP contribution in [0, 0.1) is 0 Å². The van der Waals surface area contributed by atoms with E-state index in [1.54, 1.807) is 6.20 Å². The number of nitrogens with zero attached hydrogens (tertiary/aromatic N) is 3. The van der Waals surface area contributed by atoms with Crippen LogP contribution in [0.2, 0.25) is 0 Å². The van der Waals surface area contributed by atoms with Crippen LogP contribution in [-0.2, 0) is 0 Å². The van der Waals surface area contributed by atoms with Gasteiger partial charge in [0.2, 0.25) is 0 Å². The molecule has 0 aliphatic carbocycles. The molecule has 0 aromatic carbocycles. The van der Waals surface area contributed by atoms with Crippen molar-refractivity contribution < 1.29 is 0 Å². The lowest BCUT2D eigenvalue weighted by Crippen LogP contribution is -2.18. The minimum absolute atomic E-state index is 0.718. The number of anilines is 3. The fourth-order valence-corrected chi connectivity index (χ4v) is 1.41. The van der Waals surface area contributed by atoms with E-state index in [0.717, 1.165) is 30.5 Å². The maximum absolute atomic E-state index is 4.18. The number of aromatic nitrogens is 3. The third kappa shape index (κ3) is 3.67. The van der Waals surface area contributed by atoms with E-state index in [0.29, 0.717) is 0 Å². The van der Waals surface area contributed by atoms with E-state index in [-0.39, 0.29) is 0 Å². The van der Waals surface area contributed by atoms with Gasteiger partial charge in [0, 0.05) is 25.4 Å². The Labute approximate surface area is 106 Å². The van der Waals surface area contributed by atoms with Gasteiger partial charge in [-0.1, -0.05) is 6.07 Å². The highest BCUT2D eigenvalue weighted by atomic mass is 15.1. The summed E-state index contributed by atoms with van der Waals surface area (Å²) >= 11 is 0. The SMILES string of the molecule is CNCCNc1cc(Nc2ccccn2)ncn1. The van der Waals surface area contributed by atoms with Gasteiger partial charge in [0.15, 0.2) is 0 Å². The minimum atomic E-state index is 0.718. The highest BCUT2D eigenvalue weighted by Crippen LogP contribution is 2.13. The van der Waals surface area contributed by atoms with Crippen molar-refractivity contribution in [3.05, 3.63) is 36.8 Å². The fraction of sp³-hybridized carbons (Fsp3) is 0.250. The maximum Gasteiger partial charge on any atom is 0.137 e. The van der Waals surface area contributed by atoms with Crippen LogP contribution in [0.25, 0.3) is 0 Å². The summed E-state index contributed by atoms with van der Waals surface area (Å²) in [6.45, 7) is 1.70. The van der Waals surface area contributed by atoms with Crippen LogP contribution < -0.4 is 16.0 Å². The van der Waals surface area contributed by atoms with Crippen LogP contribution in [0.15, 0.2) is 36.8 Å². The molecule has 2 rings (SSSR count). The first-order valence-electron chi connectivity index (χ1n) is 5.77. The first-order valence-corrected chi connectivity index (χ1v) is 5.77. The van der Waals surface area contributed by atoms with Gasteiger partial charge in [0.05, 0.1) is 0 Å². The summed E-state index contributed by atoms with van der Waals surface area (Å²) < 4.78 is 0. The second kappa shape index (κ2) is 6.51. The molecular formula is C12H16N6. The molecule has 18 heavy (non-hydrogen) atoms. The Morgan fingerprint density at radius 3 is 2.67 bits per heavy atom. The van der Waals surface area contributed by atoms with E-state index in [9.17, 15) is 0 Å². The third-order valence-electron chi connectivity index (χ3n) is 2.27. The molecule has 0 unspecified atom stereocenters. The molecule has 2 aromatic rings. The first kappa shape index (κ1) is 12.3. The zero-order valence-electron chi connectivity index (χ0n) is 10.2. The van der Waals surface area contributed by atoms with Gasteiger partial charge < -0.3 is 16.0 Å². The van der Waals surface area contributed by atoms with Gasteiger partial charge in [-0.2, -0.15) is 0 Å². The summed E-state index contributed by atoms with van der Waals surface area (Å²) in [7, 11) is 1.91. The van der Waals surface area contributed by atoms with Crippen molar-refractivity contribution in [2.24, 2.45) is 0 Å². The average molecular weight is 244 g/mol. The lowest BCUT2D eigenvalue weighted by atomic mass is 10.4. The molecule has 0 saturated heterocycles. The Hall–Kier alpha value is -2.21. The van der Waals surface area contributed by atoms with Gasteiger partial charge in [0.25, 0.3) is 0 Å². The normalized spacial score (nSPS) is 10.1. The van der Waals surface area contributed by atoms with Gasteiger partial charge in [0.1, 0.15) is 23.8 Å². The number of hydrogen-bond donors (Lipinski definition) is 3. The molecule has 0 saturated carbocycles. The molecule has 0 aliphatic rings. The molecule has 94 valence electrons. The lowest BCUT2D eigenvalue weighted by Gasteiger charge is -2.07. The van der Waals surface area contributed by atoms with Crippen molar-refractivity contribution in [2.75, 3.05) is 30.8 Å². The lowest BCUT2D eigenvalue weighted by molar-refractivity contribution is 0.821. The molecule has 0 amide bonds. The number of hydrogen-bond acceptors (Lipinski definition) is 6. The number of rotatable bonds is 6. The Morgan fingerprint density at radius 1 is 1.00 bits per heavy atom. The smallest absolute Gasteiger partial charge is 0.137 e. The Balaban J connectivity index is 1.99. The van der Waals surface area contributed by atoms with E-state index < -0.39 is 0 Å². The van der Waals surface area contributed by atoms with E-state index in [1.807, 2.05) is 31.3 Å². The van der Waals surface area contributed by atoms with E-state index in [4.69, 9.17) is 0 Å². The van der Waals surface area contributed by atoms with Crippen molar-refractivity contribution >= 4 is 17.5 Å². The summed E-state index contributed by atoms with van der Waals surface area (Å²) in [6.07, 6.45) is 3.25. The summed E-state index contributed by atoms with van der Waals surface area (Å²) in [5.74, 6) is 2.27. The topological polar surface area (TPSA) is 74.8 Å². The molecular weight excluding hydrogens is 228 g/mol. The predicted molar refractivity (Wildman–Crippen MR) is 72.0 cm³/mol. The molecule has 0 bridgehead atoms. The number of likely N-dealkylation sites (N-methyl/N-ethyl adjacent to an activating group) is 1. The largest absolute Gasteiger partial charge is 0.369 e. The fourth-order valence-electron chi connectivity index (χ4n) is 1.41. The van der Waals surface area contributed by atoms with Gasteiger partial charge >= 0.3 is 0 Å². The van der Waals surface area contributed by atoms with Crippen molar-refractivity contribution in [3.8, 4) is 0 Å². The summed E-state index contributed by atoms with van der Waals surface area (Å²) in [4.78, 5) is 12.5. The molecule has 0 fully saturated rings. The van der Waals surface area contributed by atoms with Crippen LogP contribution in [-0.4, -0.2) is 35.1 Å². The number of pyridine rings is 1. The average Bonchev–Trinajstić information content (AvgIpc) is 2.41. The zero-order chi connectivity index (χ0) is 12.6. The van der Waals surface area contributed by atoms with Crippen molar-refractivity contribution in [1.82, 2.24) is 20.3 Å². The van der Waals surface area contributed by atoms with Crippen LogP contribution in [0.4, 0.5) is 17.5 Å². The standard InChI is InChI=1S/C12H16N6/c1-13-6-7-15-11-8-12(17-9-16-11)18-10-4-2-3-5-14-10/h2-5,8-9,13H,6-7H2,1H3,(H2,14,15,16,17,18). The van der Waals surface area contributed by atoms with E-state index in [2.05, 4.69) is 30.9 Å². The first-order chi connectivity index (χ1) is 8.88. The molecule has 2 heterocycles. The predicted octanol–water partition coefficient (Wildman–Crippen LogP) is 1.25. The minimum Gasteiger partial charge on any atom is -0.369 e. The van der Waals surface area contributed by atoms with Crippen molar-refractivity contribution in [2.45, 2.75) is 0 Å². The summed E-state index contributed by atoms with van der Waals surface area (Å²) in [5.41, 5.74) is 0. The summed E-state index contributed by atoms with van der Waals surface area (Å²) in [6, 6.07) is 7.53. The third-order valence-corrected chi connectivity index (χ3v) is 2.27. The quantitative estimate of drug-likeness (QED) is 0.664. The Kier molecular flexibility index (Phi) is 4.43. The van der Waals surface area contributed by atoms with Gasteiger partial charge in [-0.25, -0.2) is 15.0 Å². The zero-order valence-corrected chi connectivity index (χ0v) is 10.2. The Bertz CT molecular complexity index is 473. The second-order valence-electron chi connectivity index (χ2n) is 3.66. The van der Waals surface area contributed by atoms with Crippen LogP contribution >= 0.6 is 0 Å². The molecule has 3 N–H and O–H groups in total. The van der Waals surface area contributed by atoms with Crippen molar-refractivity contribution in [1.29, 1.82) is 0 Å².